The highest BCUT2D eigenvalue weighted by atomic mass is 16.6. The lowest BCUT2D eigenvalue weighted by Gasteiger charge is -2.12. The van der Waals surface area contributed by atoms with Crippen LogP contribution in [0.1, 0.15) is 21.7 Å². The molecule has 0 unspecified atom stereocenters. The van der Waals surface area contributed by atoms with E-state index in [1.807, 2.05) is 21.0 Å². The molecule has 1 aromatic carbocycles. The average molecular weight is 315 g/mol. The van der Waals surface area contributed by atoms with Gasteiger partial charge < -0.3 is 10.2 Å². The molecule has 0 saturated heterocycles. The third kappa shape index (κ3) is 4.22. The Balaban J connectivity index is 2.05. The third-order valence-electron chi connectivity index (χ3n) is 3.07. The molecule has 1 heterocycles. The third-order valence-corrected chi connectivity index (χ3v) is 3.07. The summed E-state index contributed by atoms with van der Waals surface area (Å²) in [6.45, 7) is 2.11. The Bertz CT molecular complexity index is 728. The Morgan fingerprint density at radius 3 is 2.48 bits per heavy atom. The summed E-state index contributed by atoms with van der Waals surface area (Å²) in [4.78, 5) is 32.6. The number of carbonyl (C=O) groups is 1. The number of aromatic nitrogens is 2. The Hall–Kier alpha value is -3.03. The lowest BCUT2D eigenvalue weighted by atomic mass is 10.2. The lowest BCUT2D eigenvalue weighted by molar-refractivity contribution is -0.384. The van der Waals surface area contributed by atoms with Gasteiger partial charge in [-0.2, -0.15) is 0 Å². The van der Waals surface area contributed by atoms with Gasteiger partial charge in [-0.15, -0.1) is 0 Å². The minimum absolute atomic E-state index is 0.0522. The molecular weight excluding hydrogens is 298 g/mol. The number of benzene rings is 1. The zero-order valence-corrected chi connectivity index (χ0v) is 13.1. The molecule has 1 aromatic heterocycles. The van der Waals surface area contributed by atoms with Gasteiger partial charge in [0.25, 0.3) is 11.6 Å². The maximum atomic E-state index is 12.1. The van der Waals surface area contributed by atoms with E-state index in [0.29, 0.717) is 17.2 Å². The van der Waals surface area contributed by atoms with Crippen molar-refractivity contribution in [2.75, 3.05) is 19.0 Å². The summed E-state index contributed by atoms with van der Waals surface area (Å²) in [7, 11) is 3.68. The number of amides is 1. The molecule has 2 aromatic rings. The van der Waals surface area contributed by atoms with Crippen molar-refractivity contribution in [2.45, 2.75) is 13.5 Å². The number of anilines is 1. The minimum Gasteiger partial charge on any atom is -0.347 e. The molecule has 0 aliphatic carbocycles. The normalized spacial score (nSPS) is 10.2. The van der Waals surface area contributed by atoms with Crippen LogP contribution in [0.15, 0.2) is 30.3 Å². The predicted octanol–water partition coefficient (Wildman–Crippen LogP) is 1.69. The van der Waals surface area contributed by atoms with Gasteiger partial charge in [-0.3, -0.25) is 14.9 Å². The van der Waals surface area contributed by atoms with Crippen molar-refractivity contribution in [2.24, 2.45) is 0 Å². The van der Waals surface area contributed by atoms with Crippen LogP contribution in [0.3, 0.4) is 0 Å². The zero-order valence-electron chi connectivity index (χ0n) is 13.1. The summed E-state index contributed by atoms with van der Waals surface area (Å²) in [6, 6.07) is 7.23. The van der Waals surface area contributed by atoms with Gasteiger partial charge in [-0.1, -0.05) is 0 Å². The van der Waals surface area contributed by atoms with Crippen molar-refractivity contribution < 1.29 is 9.72 Å². The molecule has 1 N–H and O–H groups in total. The monoisotopic (exact) mass is 315 g/mol. The molecular formula is C15H17N5O3. The van der Waals surface area contributed by atoms with Crippen LogP contribution in [-0.2, 0) is 6.54 Å². The van der Waals surface area contributed by atoms with Crippen LogP contribution in [0.4, 0.5) is 11.6 Å². The molecule has 0 radical (unpaired) electrons. The molecule has 2 rings (SSSR count). The van der Waals surface area contributed by atoms with Crippen LogP contribution in [0.5, 0.6) is 0 Å². The van der Waals surface area contributed by atoms with Gasteiger partial charge in [-0.05, 0) is 25.1 Å². The molecule has 1 amide bonds. The van der Waals surface area contributed by atoms with E-state index in [9.17, 15) is 14.9 Å². The van der Waals surface area contributed by atoms with E-state index in [1.165, 1.54) is 24.3 Å². The summed E-state index contributed by atoms with van der Waals surface area (Å²) in [5, 5.41) is 13.3. The van der Waals surface area contributed by atoms with Gasteiger partial charge in [0.1, 0.15) is 0 Å². The molecule has 8 nitrogen and oxygen atoms in total. The molecule has 0 bridgehead atoms. The lowest BCUT2D eigenvalue weighted by Crippen LogP contribution is -2.24. The Labute approximate surface area is 133 Å². The molecule has 120 valence electrons. The molecule has 0 aliphatic heterocycles. The Kier molecular flexibility index (Phi) is 4.85. The first kappa shape index (κ1) is 16.3. The molecule has 8 heteroatoms. The minimum atomic E-state index is -0.506. The number of carbonyl (C=O) groups excluding carboxylic acids is 1. The number of rotatable bonds is 5. The summed E-state index contributed by atoms with van der Waals surface area (Å²) < 4.78 is 0. The van der Waals surface area contributed by atoms with E-state index in [-0.39, 0.29) is 18.1 Å². The van der Waals surface area contributed by atoms with Gasteiger partial charge in [0, 0.05) is 37.5 Å². The number of aryl methyl sites for hydroxylation is 1. The number of nitrogens with zero attached hydrogens (tertiary/aromatic N) is 4. The van der Waals surface area contributed by atoms with E-state index in [1.54, 1.807) is 11.0 Å². The predicted molar refractivity (Wildman–Crippen MR) is 85.4 cm³/mol. The first-order valence-electron chi connectivity index (χ1n) is 6.91. The number of hydrogen-bond donors (Lipinski definition) is 1. The van der Waals surface area contributed by atoms with Crippen LogP contribution in [-0.4, -0.2) is 34.9 Å². The maximum Gasteiger partial charge on any atom is 0.269 e. The second-order valence-electron chi connectivity index (χ2n) is 5.18. The maximum absolute atomic E-state index is 12.1. The van der Waals surface area contributed by atoms with Crippen LogP contribution >= 0.6 is 0 Å². The second-order valence-corrected chi connectivity index (χ2v) is 5.18. The SMILES string of the molecule is Cc1cc(CNC(=O)c2ccc([N+](=O)[O-])cc2)nc(N(C)C)n1. The van der Waals surface area contributed by atoms with E-state index in [2.05, 4.69) is 15.3 Å². The van der Waals surface area contributed by atoms with Crippen LogP contribution < -0.4 is 10.2 Å². The van der Waals surface area contributed by atoms with E-state index < -0.39 is 4.92 Å². The number of non-ortho nitro benzene ring substituents is 1. The summed E-state index contributed by atoms with van der Waals surface area (Å²) in [5.74, 6) is 0.257. The molecule has 0 atom stereocenters. The summed E-state index contributed by atoms with van der Waals surface area (Å²) in [5.41, 5.74) is 1.80. The molecule has 0 aliphatic rings. The van der Waals surface area contributed by atoms with Gasteiger partial charge in [0.15, 0.2) is 0 Å². The summed E-state index contributed by atoms with van der Waals surface area (Å²) in [6.07, 6.45) is 0. The smallest absolute Gasteiger partial charge is 0.269 e. The van der Waals surface area contributed by atoms with E-state index >= 15 is 0 Å². The largest absolute Gasteiger partial charge is 0.347 e. The standard InChI is InChI=1S/C15H17N5O3/c1-10-8-12(18-15(17-10)19(2)3)9-16-14(21)11-4-6-13(7-5-11)20(22)23/h4-8H,9H2,1-3H3,(H,16,21). The number of nitrogens with one attached hydrogen (secondary N) is 1. The van der Waals surface area contributed by atoms with Crippen molar-refractivity contribution in [3.05, 3.63) is 57.4 Å². The molecule has 23 heavy (non-hydrogen) atoms. The van der Waals surface area contributed by atoms with E-state index in [4.69, 9.17) is 0 Å². The van der Waals surface area contributed by atoms with Crippen LogP contribution in [0.25, 0.3) is 0 Å². The highest BCUT2D eigenvalue weighted by molar-refractivity contribution is 5.94. The van der Waals surface area contributed by atoms with Crippen molar-refractivity contribution in [3.8, 4) is 0 Å². The Morgan fingerprint density at radius 2 is 1.91 bits per heavy atom. The fourth-order valence-corrected chi connectivity index (χ4v) is 1.91. The molecule has 0 fully saturated rings. The Morgan fingerprint density at radius 1 is 1.26 bits per heavy atom. The quantitative estimate of drug-likeness (QED) is 0.665. The van der Waals surface area contributed by atoms with Crippen LogP contribution in [0.2, 0.25) is 0 Å². The van der Waals surface area contributed by atoms with Gasteiger partial charge in [-0.25, -0.2) is 9.97 Å². The van der Waals surface area contributed by atoms with Crippen molar-refractivity contribution in [1.82, 2.24) is 15.3 Å². The van der Waals surface area contributed by atoms with Gasteiger partial charge >= 0.3 is 0 Å². The van der Waals surface area contributed by atoms with Crippen molar-refractivity contribution in [3.63, 3.8) is 0 Å². The van der Waals surface area contributed by atoms with Gasteiger partial charge in [0.05, 0.1) is 17.2 Å². The van der Waals surface area contributed by atoms with Gasteiger partial charge in [0.2, 0.25) is 5.95 Å². The van der Waals surface area contributed by atoms with Crippen molar-refractivity contribution >= 4 is 17.5 Å². The highest BCUT2D eigenvalue weighted by Gasteiger charge is 2.10. The fraction of sp³-hybridized carbons (Fsp3) is 0.267. The first-order valence-corrected chi connectivity index (χ1v) is 6.91. The molecule has 0 saturated carbocycles. The zero-order chi connectivity index (χ0) is 17.0. The summed E-state index contributed by atoms with van der Waals surface area (Å²) >= 11 is 0. The number of nitro groups is 1. The van der Waals surface area contributed by atoms with E-state index in [0.717, 1.165) is 5.69 Å². The molecule has 0 spiro atoms. The average Bonchev–Trinajstić information content (AvgIpc) is 2.52. The fourth-order valence-electron chi connectivity index (χ4n) is 1.91. The number of nitro benzene ring substituents is 1. The topological polar surface area (TPSA) is 101 Å². The number of hydrogen-bond acceptors (Lipinski definition) is 6. The second kappa shape index (κ2) is 6.82. The van der Waals surface area contributed by atoms with Crippen molar-refractivity contribution in [1.29, 1.82) is 0 Å². The first-order chi connectivity index (χ1) is 10.9. The highest BCUT2D eigenvalue weighted by Crippen LogP contribution is 2.12. The van der Waals surface area contributed by atoms with Crippen LogP contribution in [0, 0.1) is 17.0 Å².